The summed E-state index contributed by atoms with van der Waals surface area (Å²) in [4.78, 5) is 129. The summed E-state index contributed by atoms with van der Waals surface area (Å²) < 4.78 is 11.0. The molecule has 4 spiro atoms. The van der Waals surface area contributed by atoms with Crippen LogP contribution in [0.25, 0.3) is 0 Å². The Morgan fingerprint density at radius 3 is 1.51 bits per heavy atom. The van der Waals surface area contributed by atoms with Crippen LogP contribution in [-0.2, 0) is 62.3 Å². The second-order valence-electron chi connectivity index (χ2n) is 20.6. The van der Waals surface area contributed by atoms with Gasteiger partial charge in [-0.15, -0.1) is 0 Å². The Morgan fingerprint density at radius 1 is 0.597 bits per heavy atom. The zero-order valence-corrected chi connectivity index (χ0v) is 43.1. The zero-order valence-electron chi connectivity index (χ0n) is 43.1. The second-order valence-corrected chi connectivity index (χ2v) is 20.6. The van der Waals surface area contributed by atoms with Gasteiger partial charge >= 0.3 is 30.2 Å². The van der Waals surface area contributed by atoms with Crippen molar-refractivity contribution in [2.75, 3.05) is 77.1 Å². The van der Waals surface area contributed by atoms with E-state index >= 15 is 0 Å². The highest BCUT2D eigenvalue weighted by Crippen LogP contribution is 2.48. The summed E-state index contributed by atoms with van der Waals surface area (Å²) in [7, 11) is 3.01. The van der Waals surface area contributed by atoms with Gasteiger partial charge in [0, 0.05) is 107 Å². The van der Waals surface area contributed by atoms with E-state index in [9.17, 15) is 47.9 Å². The minimum atomic E-state index is -1.46. The molecule has 23 nitrogen and oxygen atoms in total. The van der Waals surface area contributed by atoms with Crippen molar-refractivity contribution in [3.8, 4) is 0 Å². The number of carboxylic acid groups (broad SMARTS) is 1. The number of carbonyl (C=O) groups is 10. The number of aryl methyl sites for hydroxylation is 2. The van der Waals surface area contributed by atoms with Crippen LogP contribution in [0.2, 0.25) is 0 Å². The predicted octanol–water partition coefficient (Wildman–Crippen LogP) is 5.01. The van der Waals surface area contributed by atoms with Crippen LogP contribution < -0.4 is 26.6 Å². The molecule has 8 aliphatic rings. The van der Waals surface area contributed by atoms with Gasteiger partial charge in [0.1, 0.15) is 13.1 Å². The molecule has 2 aromatic rings. The average molecular weight is 1070 g/mol. The summed E-state index contributed by atoms with van der Waals surface area (Å²) in [6.45, 7) is 6.97. The van der Waals surface area contributed by atoms with Crippen molar-refractivity contribution in [3.05, 3.63) is 58.7 Å². The SMILES string of the molecule is C.C.CC(=O)N1CCC2(CCCCN2)CC1.CNC(=O)Nc1ccc2c(c1)CCC21OC(=O)N(CC(=O)N2CCCCC23CCN(C(C)=O)CC3)C1=O.CNC(=O)Nc1ccc2c(c1)CCC21OC(=O)N(CC(=O)O)C1=O. The molecule has 6 aliphatic heterocycles. The molecule has 0 aromatic heterocycles. The summed E-state index contributed by atoms with van der Waals surface area (Å²) in [6.07, 6.45) is 10.1. The Balaban J connectivity index is 0.000000205. The molecule has 77 heavy (non-hydrogen) atoms. The number of imide groups is 2. The molecule has 2 unspecified atom stereocenters. The molecule has 2 aliphatic carbocycles. The third kappa shape index (κ3) is 11.8. The number of urea groups is 2. The highest BCUT2D eigenvalue weighted by molar-refractivity contribution is 6.07. The molecule has 6 saturated heterocycles. The highest BCUT2D eigenvalue weighted by atomic mass is 16.6. The fourth-order valence-corrected chi connectivity index (χ4v) is 12.2. The minimum Gasteiger partial charge on any atom is -0.480 e. The number of aliphatic carboxylic acids is 1. The number of hydrogen-bond acceptors (Lipinski definition) is 13. The summed E-state index contributed by atoms with van der Waals surface area (Å²) >= 11 is 0. The predicted molar refractivity (Wildman–Crippen MR) is 282 cm³/mol. The van der Waals surface area contributed by atoms with Gasteiger partial charge in [-0.05, 0) is 113 Å². The van der Waals surface area contributed by atoms with E-state index in [1.54, 1.807) is 55.1 Å². The molecule has 23 heteroatoms. The summed E-state index contributed by atoms with van der Waals surface area (Å²) in [5.41, 5.74) is 0.944. The van der Waals surface area contributed by atoms with Crippen molar-refractivity contribution < 1.29 is 62.5 Å². The van der Waals surface area contributed by atoms with Gasteiger partial charge in [-0.2, -0.15) is 0 Å². The Kier molecular flexibility index (Phi) is 18.3. The monoisotopic (exact) mass is 1070 g/mol. The van der Waals surface area contributed by atoms with Crippen LogP contribution >= 0.6 is 0 Å². The van der Waals surface area contributed by atoms with Crippen LogP contribution in [-0.4, -0.2) is 167 Å². The van der Waals surface area contributed by atoms with Gasteiger partial charge < -0.3 is 55.9 Å². The molecule has 10 rings (SSSR count). The summed E-state index contributed by atoms with van der Waals surface area (Å²) in [6, 6.07) is 9.33. The fourth-order valence-electron chi connectivity index (χ4n) is 12.2. The molecule has 6 heterocycles. The standard InChI is InChI=1S/C26H33N5O6.C15H15N3O6.C11H20N2O.2CH4/c1-17(32)29-13-10-25(11-14-29)8-3-4-12-31(25)21(33)16-30-22(34)26(37-24(30)36)9-7-18-15-19(5-6-20(18)26)28-23(35)27-2;1-16-13(22)17-9-2-3-10-8(6-9)4-5-15(10)12(21)18(7-11(19)20)14(23)24-15;1-10(14)13-8-5-11(6-9-13)4-2-3-7-12-11;;/h5-6,15H,3-4,7-14,16H2,1-2H3,(H2,27,28,35);2-3,6H,4-5,7H2,1H3,(H,19,20)(H2,16,17,22);12H,2-9H2,1H3;2*1H4. The third-order valence-electron chi connectivity index (χ3n) is 16.3. The molecule has 420 valence electrons. The van der Waals surface area contributed by atoms with Crippen molar-refractivity contribution in [2.24, 2.45) is 0 Å². The Bertz CT molecular complexity index is 2640. The number of carbonyl (C=O) groups excluding carboxylic acids is 9. The number of hydrogen-bond donors (Lipinski definition) is 6. The number of rotatable bonds is 6. The number of carboxylic acids is 1. The van der Waals surface area contributed by atoms with Crippen molar-refractivity contribution in [1.82, 2.24) is 40.4 Å². The Hall–Kier alpha value is -7.30. The number of anilines is 2. The quantitative estimate of drug-likeness (QED) is 0.222. The first-order chi connectivity index (χ1) is 35.8. The van der Waals surface area contributed by atoms with E-state index < -0.39 is 47.7 Å². The summed E-state index contributed by atoms with van der Waals surface area (Å²) in [5, 5.41) is 22.7. The lowest BCUT2D eigenvalue weighted by atomic mass is 9.78. The third-order valence-corrected chi connectivity index (χ3v) is 16.3. The van der Waals surface area contributed by atoms with Gasteiger partial charge in [-0.3, -0.25) is 28.8 Å². The van der Waals surface area contributed by atoms with E-state index in [1.165, 1.54) is 39.9 Å². The number of fused-ring (bicyclic) bond motifs is 4. The van der Waals surface area contributed by atoms with E-state index in [4.69, 9.17) is 14.6 Å². The lowest BCUT2D eigenvalue weighted by Gasteiger charge is -2.51. The molecule has 6 fully saturated rings. The molecule has 0 bridgehead atoms. The Labute approximate surface area is 449 Å². The molecule has 11 amide bonds. The maximum atomic E-state index is 13.6. The average Bonchev–Trinajstić information content (AvgIpc) is 4.17. The first-order valence-electron chi connectivity index (χ1n) is 25.9. The minimum absolute atomic E-state index is 0. The zero-order chi connectivity index (χ0) is 53.9. The van der Waals surface area contributed by atoms with Crippen molar-refractivity contribution in [1.29, 1.82) is 0 Å². The molecule has 0 radical (unpaired) electrons. The molecule has 0 saturated carbocycles. The molecule has 2 atom stereocenters. The number of amides is 11. The van der Waals surface area contributed by atoms with Crippen molar-refractivity contribution >= 4 is 71.1 Å². The van der Waals surface area contributed by atoms with Crippen LogP contribution in [0, 0.1) is 0 Å². The van der Waals surface area contributed by atoms with Crippen LogP contribution in [0.4, 0.5) is 30.6 Å². The summed E-state index contributed by atoms with van der Waals surface area (Å²) in [5.74, 6) is -2.47. The maximum absolute atomic E-state index is 13.6. The van der Waals surface area contributed by atoms with Gasteiger partial charge in [-0.25, -0.2) is 29.0 Å². The van der Waals surface area contributed by atoms with E-state index in [-0.39, 0.29) is 69.6 Å². The number of nitrogens with one attached hydrogen (secondary N) is 5. The maximum Gasteiger partial charge on any atom is 0.418 e. The molecular formula is C54H76N10O13. The smallest absolute Gasteiger partial charge is 0.418 e. The number of ether oxygens (including phenoxy) is 2. The van der Waals surface area contributed by atoms with Crippen LogP contribution in [0.3, 0.4) is 0 Å². The molecule has 6 N–H and O–H groups in total. The normalized spacial score (nSPS) is 23.2. The molecule has 2 aromatic carbocycles. The lowest BCUT2D eigenvalue weighted by molar-refractivity contribution is -0.149. The Morgan fingerprint density at radius 2 is 1.06 bits per heavy atom. The van der Waals surface area contributed by atoms with Gasteiger partial charge in [0.25, 0.3) is 11.8 Å². The topological polar surface area (TPSA) is 286 Å². The molecular weight excluding hydrogens is 997 g/mol. The van der Waals surface area contributed by atoms with Crippen LogP contribution in [0.5, 0.6) is 0 Å². The highest BCUT2D eigenvalue weighted by Gasteiger charge is 2.60. The fraction of sp³-hybridized carbons (Fsp3) is 0.593. The number of piperidine rings is 4. The van der Waals surface area contributed by atoms with Crippen LogP contribution in [0.1, 0.15) is 128 Å². The van der Waals surface area contributed by atoms with Gasteiger partial charge in [-0.1, -0.05) is 33.4 Å². The van der Waals surface area contributed by atoms with E-state index in [0.717, 1.165) is 61.2 Å². The lowest BCUT2D eigenvalue weighted by Crippen LogP contribution is -2.61. The van der Waals surface area contributed by atoms with E-state index in [1.807, 2.05) is 9.80 Å². The number of nitrogens with zero attached hydrogens (tertiary/aromatic N) is 5. The number of likely N-dealkylation sites (tertiary alicyclic amines) is 3. The number of benzene rings is 2. The van der Waals surface area contributed by atoms with Gasteiger partial charge in [0.2, 0.25) is 28.9 Å². The largest absolute Gasteiger partial charge is 0.480 e. The van der Waals surface area contributed by atoms with Crippen LogP contribution in [0.15, 0.2) is 36.4 Å². The second kappa shape index (κ2) is 23.9. The van der Waals surface area contributed by atoms with Crippen molar-refractivity contribution in [2.45, 2.75) is 141 Å². The van der Waals surface area contributed by atoms with E-state index in [2.05, 4.69) is 26.6 Å². The van der Waals surface area contributed by atoms with Gasteiger partial charge in [0.05, 0.1) is 0 Å². The first-order valence-corrected chi connectivity index (χ1v) is 25.9. The first kappa shape index (κ1) is 59.0. The van der Waals surface area contributed by atoms with E-state index in [0.29, 0.717) is 78.3 Å². The van der Waals surface area contributed by atoms with Crippen molar-refractivity contribution in [3.63, 3.8) is 0 Å². The van der Waals surface area contributed by atoms with Gasteiger partial charge in [0.15, 0.2) is 0 Å².